The van der Waals surface area contributed by atoms with E-state index in [0.717, 1.165) is 17.7 Å². The largest absolute Gasteiger partial charge is 0.488 e. The lowest BCUT2D eigenvalue weighted by atomic mass is 10.1. The van der Waals surface area contributed by atoms with Gasteiger partial charge in [0.15, 0.2) is 0 Å². The van der Waals surface area contributed by atoms with Gasteiger partial charge in [0.25, 0.3) is 0 Å². The third-order valence-electron chi connectivity index (χ3n) is 2.74. The van der Waals surface area contributed by atoms with Gasteiger partial charge in [0.05, 0.1) is 6.54 Å². The van der Waals surface area contributed by atoms with Gasteiger partial charge in [0.2, 0.25) is 0 Å². The van der Waals surface area contributed by atoms with E-state index >= 15 is 0 Å². The normalized spacial score (nSPS) is 11.6. The highest BCUT2D eigenvalue weighted by molar-refractivity contribution is 5.27. The summed E-state index contributed by atoms with van der Waals surface area (Å²) >= 11 is 0. The van der Waals surface area contributed by atoms with Crippen molar-refractivity contribution in [2.45, 2.75) is 39.3 Å². The molecule has 2 aromatic rings. The highest BCUT2D eigenvalue weighted by Gasteiger charge is 2.11. The predicted octanol–water partition coefficient (Wildman–Crippen LogP) is 1.40. The van der Waals surface area contributed by atoms with Gasteiger partial charge in [0.1, 0.15) is 11.4 Å². The molecule has 0 bridgehead atoms. The van der Waals surface area contributed by atoms with Crippen LogP contribution in [0.4, 0.5) is 0 Å². The Morgan fingerprint density at radius 1 is 1.15 bits per heavy atom. The Labute approximate surface area is 118 Å². The average molecular weight is 276 g/mol. The van der Waals surface area contributed by atoms with Gasteiger partial charge in [-0.05, 0) is 55.3 Å². The maximum Gasteiger partial charge on any atom is 0.363 e. The van der Waals surface area contributed by atoms with Crippen molar-refractivity contribution in [3.05, 3.63) is 40.3 Å². The number of benzene rings is 1. The van der Waals surface area contributed by atoms with Crippen LogP contribution in [0.5, 0.6) is 5.75 Å². The standard InChI is InChI=1S/C14H20N4O2/c1-14(2,3)20-12-7-5-11(6-8-12)9-10-18-13(19)17(4)15-16-18/h5-8H,9-10H2,1-4H3. The van der Waals surface area contributed by atoms with E-state index in [1.165, 1.54) is 9.36 Å². The minimum atomic E-state index is -0.200. The first-order chi connectivity index (χ1) is 9.35. The fraction of sp³-hybridized carbons (Fsp3) is 0.500. The van der Waals surface area contributed by atoms with E-state index in [2.05, 4.69) is 10.4 Å². The molecule has 0 aliphatic carbocycles. The number of hydrogen-bond donors (Lipinski definition) is 0. The van der Waals surface area contributed by atoms with E-state index < -0.39 is 0 Å². The quantitative estimate of drug-likeness (QED) is 0.846. The number of hydrogen-bond acceptors (Lipinski definition) is 4. The first-order valence-corrected chi connectivity index (χ1v) is 6.60. The molecule has 0 amide bonds. The molecule has 0 unspecified atom stereocenters. The third-order valence-corrected chi connectivity index (χ3v) is 2.74. The zero-order valence-corrected chi connectivity index (χ0v) is 12.3. The van der Waals surface area contributed by atoms with Gasteiger partial charge in [-0.1, -0.05) is 12.1 Å². The van der Waals surface area contributed by atoms with Crippen LogP contribution in [0.1, 0.15) is 26.3 Å². The zero-order chi connectivity index (χ0) is 14.8. The Morgan fingerprint density at radius 3 is 2.30 bits per heavy atom. The molecule has 6 nitrogen and oxygen atoms in total. The SMILES string of the molecule is Cn1nnn(CCc2ccc(OC(C)(C)C)cc2)c1=O. The summed E-state index contributed by atoms with van der Waals surface area (Å²) < 4.78 is 8.34. The van der Waals surface area contributed by atoms with Crippen LogP contribution in [0.25, 0.3) is 0 Å². The van der Waals surface area contributed by atoms with Crippen molar-refractivity contribution >= 4 is 0 Å². The van der Waals surface area contributed by atoms with E-state index in [-0.39, 0.29) is 11.3 Å². The summed E-state index contributed by atoms with van der Waals surface area (Å²) in [6.07, 6.45) is 0.731. The summed E-state index contributed by atoms with van der Waals surface area (Å²) in [4.78, 5) is 11.6. The first-order valence-electron chi connectivity index (χ1n) is 6.60. The van der Waals surface area contributed by atoms with Gasteiger partial charge in [-0.2, -0.15) is 9.36 Å². The second-order valence-electron chi connectivity index (χ2n) is 5.72. The fourth-order valence-corrected chi connectivity index (χ4v) is 1.80. The van der Waals surface area contributed by atoms with Crippen LogP contribution < -0.4 is 10.4 Å². The summed E-state index contributed by atoms with van der Waals surface area (Å²) in [7, 11) is 1.59. The van der Waals surface area contributed by atoms with Crippen LogP contribution in [0, 0.1) is 0 Å². The second kappa shape index (κ2) is 5.48. The summed E-state index contributed by atoms with van der Waals surface area (Å²) in [5, 5.41) is 7.47. The number of nitrogens with zero attached hydrogens (tertiary/aromatic N) is 4. The van der Waals surface area contributed by atoms with Crippen molar-refractivity contribution in [2.75, 3.05) is 0 Å². The van der Waals surface area contributed by atoms with Crippen molar-refractivity contribution in [2.24, 2.45) is 7.05 Å². The molecule has 0 aliphatic rings. The Bertz CT molecular complexity index is 620. The van der Waals surface area contributed by atoms with Gasteiger partial charge >= 0.3 is 5.69 Å². The van der Waals surface area contributed by atoms with Crippen molar-refractivity contribution in [1.29, 1.82) is 0 Å². The molecule has 1 aromatic carbocycles. The molecule has 0 spiro atoms. The van der Waals surface area contributed by atoms with Crippen LogP contribution in [0.15, 0.2) is 29.1 Å². The molecule has 2 rings (SSSR count). The smallest absolute Gasteiger partial charge is 0.363 e. The van der Waals surface area contributed by atoms with Crippen LogP contribution >= 0.6 is 0 Å². The van der Waals surface area contributed by atoms with Crippen molar-refractivity contribution in [1.82, 2.24) is 19.8 Å². The monoisotopic (exact) mass is 276 g/mol. The summed E-state index contributed by atoms with van der Waals surface area (Å²) in [5.41, 5.74) is 0.732. The Balaban J connectivity index is 1.97. The molecule has 1 heterocycles. The molecular formula is C14H20N4O2. The maximum absolute atomic E-state index is 11.6. The minimum Gasteiger partial charge on any atom is -0.488 e. The summed E-state index contributed by atoms with van der Waals surface area (Å²) in [6.45, 7) is 6.57. The molecule has 6 heteroatoms. The number of tetrazole rings is 1. The number of ether oxygens (including phenoxy) is 1. The summed E-state index contributed by atoms with van der Waals surface area (Å²) in [6, 6.07) is 7.89. The lowest BCUT2D eigenvalue weighted by Gasteiger charge is -2.21. The molecule has 0 atom stereocenters. The van der Waals surface area contributed by atoms with Gasteiger partial charge in [0, 0.05) is 7.05 Å². The molecule has 20 heavy (non-hydrogen) atoms. The van der Waals surface area contributed by atoms with Gasteiger partial charge in [-0.3, -0.25) is 0 Å². The molecule has 0 radical (unpaired) electrons. The second-order valence-corrected chi connectivity index (χ2v) is 5.72. The molecular weight excluding hydrogens is 256 g/mol. The average Bonchev–Trinajstić information content (AvgIpc) is 2.68. The molecule has 0 saturated carbocycles. The van der Waals surface area contributed by atoms with E-state index in [1.807, 2.05) is 45.0 Å². The van der Waals surface area contributed by atoms with Crippen LogP contribution in [-0.2, 0) is 20.0 Å². The van der Waals surface area contributed by atoms with Crippen molar-refractivity contribution in [3.8, 4) is 5.75 Å². The Kier molecular flexibility index (Phi) is 3.92. The van der Waals surface area contributed by atoms with Crippen LogP contribution in [-0.4, -0.2) is 25.4 Å². The van der Waals surface area contributed by atoms with Crippen LogP contribution in [0.2, 0.25) is 0 Å². The molecule has 0 fully saturated rings. The van der Waals surface area contributed by atoms with Gasteiger partial charge in [-0.15, -0.1) is 0 Å². The lowest BCUT2D eigenvalue weighted by molar-refractivity contribution is 0.131. The minimum absolute atomic E-state index is 0.197. The first kappa shape index (κ1) is 14.3. The van der Waals surface area contributed by atoms with Crippen LogP contribution in [0.3, 0.4) is 0 Å². The van der Waals surface area contributed by atoms with E-state index in [0.29, 0.717) is 6.54 Å². The fourth-order valence-electron chi connectivity index (χ4n) is 1.80. The molecule has 0 aliphatic heterocycles. The highest BCUT2D eigenvalue weighted by Crippen LogP contribution is 2.18. The molecule has 0 N–H and O–H groups in total. The Morgan fingerprint density at radius 2 is 1.80 bits per heavy atom. The van der Waals surface area contributed by atoms with E-state index in [1.54, 1.807) is 7.05 Å². The Hall–Kier alpha value is -2.11. The predicted molar refractivity (Wildman–Crippen MR) is 75.8 cm³/mol. The number of rotatable bonds is 4. The van der Waals surface area contributed by atoms with Crippen molar-refractivity contribution in [3.63, 3.8) is 0 Å². The highest BCUT2D eigenvalue weighted by atomic mass is 16.5. The topological polar surface area (TPSA) is 61.9 Å². The van der Waals surface area contributed by atoms with E-state index in [9.17, 15) is 4.79 Å². The van der Waals surface area contributed by atoms with E-state index in [4.69, 9.17) is 4.74 Å². The molecule has 108 valence electrons. The zero-order valence-electron chi connectivity index (χ0n) is 12.3. The molecule has 1 aromatic heterocycles. The maximum atomic E-state index is 11.6. The van der Waals surface area contributed by atoms with Crippen molar-refractivity contribution < 1.29 is 4.74 Å². The number of aromatic nitrogens is 4. The lowest BCUT2D eigenvalue weighted by Crippen LogP contribution is -2.24. The number of aryl methyl sites for hydroxylation is 3. The molecule has 0 saturated heterocycles. The van der Waals surface area contributed by atoms with Gasteiger partial charge in [-0.25, -0.2) is 4.79 Å². The summed E-state index contributed by atoms with van der Waals surface area (Å²) in [5.74, 6) is 0.845. The van der Waals surface area contributed by atoms with Gasteiger partial charge < -0.3 is 4.74 Å². The third kappa shape index (κ3) is 3.69.